The minimum Gasteiger partial charge on any atom is -0.480 e. The lowest BCUT2D eigenvalue weighted by molar-refractivity contribution is -0.138. The number of hydrogen-bond donors (Lipinski definition) is 3. The zero-order valence-corrected chi connectivity index (χ0v) is 13.6. The van der Waals surface area contributed by atoms with Gasteiger partial charge in [0.25, 0.3) is 0 Å². The van der Waals surface area contributed by atoms with Gasteiger partial charge in [-0.15, -0.1) is 0 Å². The van der Waals surface area contributed by atoms with E-state index in [0.717, 1.165) is 24.0 Å². The van der Waals surface area contributed by atoms with Gasteiger partial charge in [-0.1, -0.05) is 25.5 Å². The van der Waals surface area contributed by atoms with Gasteiger partial charge < -0.3 is 10.2 Å². The molecule has 1 amide bonds. The van der Waals surface area contributed by atoms with Crippen LogP contribution < -0.4 is 10.2 Å². The first-order valence-corrected chi connectivity index (χ1v) is 8.02. The highest BCUT2D eigenvalue weighted by atomic mass is 16.4. The largest absolute Gasteiger partial charge is 0.480 e. The first-order chi connectivity index (χ1) is 11.4. The molecule has 1 atom stereocenters. The van der Waals surface area contributed by atoms with E-state index in [2.05, 4.69) is 12.2 Å². The molecule has 1 aromatic rings. The SMILES string of the molecule is CCCc1ccc2c(c1)CCC(NCC(=O)O)C(=O)N2CC(=O)O. The number of carbonyl (C=O) groups excluding carboxylic acids is 1. The number of carboxylic acid groups (broad SMARTS) is 2. The lowest BCUT2D eigenvalue weighted by Crippen LogP contribution is -2.48. The van der Waals surface area contributed by atoms with E-state index in [1.54, 1.807) is 6.07 Å². The standard InChI is InChI=1S/C17H22N2O5/c1-2-3-11-4-7-14-12(8-11)5-6-13(18-9-15(20)21)17(24)19(14)10-16(22)23/h4,7-8,13,18H,2-3,5-6,9-10H2,1H3,(H,20,21)(H,22,23). The second-order valence-corrected chi connectivity index (χ2v) is 5.90. The number of nitrogens with one attached hydrogen (secondary N) is 1. The highest BCUT2D eigenvalue weighted by molar-refractivity contribution is 6.02. The summed E-state index contributed by atoms with van der Waals surface area (Å²) in [5.41, 5.74) is 2.67. The van der Waals surface area contributed by atoms with Crippen LogP contribution in [0.3, 0.4) is 0 Å². The third-order valence-corrected chi connectivity index (χ3v) is 4.03. The molecule has 0 aromatic heterocycles. The van der Waals surface area contributed by atoms with Crippen molar-refractivity contribution in [2.24, 2.45) is 0 Å². The van der Waals surface area contributed by atoms with Crippen LogP contribution in [0.2, 0.25) is 0 Å². The maximum atomic E-state index is 12.7. The first-order valence-electron chi connectivity index (χ1n) is 8.02. The molecule has 0 spiro atoms. The molecule has 24 heavy (non-hydrogen) atoms. The Balaban J connectivity index is 2.33. The summed E-state index contributed by atoms with van der Waals surface area (Å²) < 4.78 is 0. The van der Waals surface area contributed by atoms with Crippen LogP contribution in [0.1, 0.15) is 30.9 Å². The Morgan fingerprint density at radius 2 is 2.04 bits per heavy atom. The first kappa shape index (κ1) is 17.9. The Hall–Kier alpha value is -2.41. The lowest BCUT2D eigenvalue weighted by Gasteiger charge is -2.24. The Morgan fingerprint density at radius 3 is 2.67 bits per heavy atom. The Kier molecular flexibility index (Phi) is 5.92. The van der Waals surface area contributed by atoms with Crippen LogP contribution in [0.15, 0.2) is 18.2 Å². The van der Waals surface area contributed by atoms with Gasteiger partial charge in [0.15, 0.2) is 0 Å². The molecule has 0 saturated carbocycles. The van der Waals surface area contributed by atoms with Crippen LogP contribution in [-0.4, -0.2) is 47.2 Å². The van der Waals surface area contributed by atoms with E-state index in [-0.39, 0.29) is 6.54 Å². The third kappa shape index (κ3) is 4.32. The van der Waals surface area contributed by atoms with E-state index in [9.17, 15) is 14.4 Å². The molecule has 1 unspecified atom stereocenters. The Labute approximate surface area is 140 Å². The average Bonchev–Trinajstić information content (AvgIpc) is 2.63. The topological polar surface area (TPSA) is 107 Å². The van der Waals surface area contributed by atoms with Crippen molar-refractivity contribution in [1.29, 1.82) is 0 Å². The fourth-order valence-electron chi connectivity index (χ4n) is 2.97. The molecule has 1 aromatic carbocycles. The number of fused-ring (bicyclic) bond motifs is 1. The summed E-state index contributed by atoms with van der Waals surface area (Å²) in [5.74, 6) is -2.56. The highest BCUT2D eigenvalue weighted by Crippen LogP contribution is 2.28. The highest BCUT2D eigenvalue weighted by Gasteiger charge is 2.31. The molecule has 0 aliphatic carbocycles. The minimum atomic E-state index is -1.11. The summed E-state index contributed by atoms with van der Waals surface area (Å²) in [6.07, 6.45) is 2.94. The maximum absolute atomic E-state index is 12.7. The predicted molar refractivity (Wildman–Crippen MR) is 88.2 cm³/mol. The molecule has 2 rings (SSSR count). The number of hydrogen-bond acceptors (Lipinski definition) is 4. The average molecular weight is 334 g/mol. The third-order valence-electron chi connectivity index (χ3n) is 4.03. The van der Waals surface area contributed by atoms with Gasteiger partial charge in [-0.3, -0.25) is 24.6 Å². The zero-order chi connectivity index (χ0) is 17.7. The van der Waals surface area contributed by atoms with Gasteiger partial charge in [-0.25, -0.2) is 0 Å². The normalized spacial score (nSPS) is 17.3. The number of benzene rings is 1. The number of rotatable bonds is 7. The van der Waals surface area contributed by atoms with E-state index in [4.69, 9.17) is 10.2 Å². The molecule has 3 N–H and O–H groups in total. The number of nitrogens with zero attached hydrogens (tertiary/aromatic N) is 1. The van der Waals surface area contributed by atoms with Gasteiger partial charge >= 0.3 is 11.9 Å². The molecule has 0 radical (unpaired) electrons. The number of carbonyl (C=O) groups is 3. The maximum Gasteiger partial charge on any atom is 0.323 e. The van der Waals surface area contributed by atoms with Crippen LogP contribution in [0.25, 0.3) is 0 Å². The van der Waals surface area contributed by atoms with Crippen LogP contribution in [0.5, 0.6) is 0 Å². The van der Waals surface area contributed by atoms with Crippen molar-refractivity contribution in [3.8, 4) is 0 Å². The smallest absolute Gasteiger partial charge is 0.323 e. The van der Waals surface area contributed by atoms with E-state index in [0.29, 0.717) is 18.5 Å². The van der Waals surface area contributed by atoms with E-state index < -0.39 is 30.4 Å². The summed E-state index contributed by atoms with van der Waals surface area (Å²) in [4.78, 5) is 35.8. The van der Waals surface area contributed by atoms with Gasteiger partial charge in [0.1, 0.15) is 6.54 Å². The van der Waals surface area contributed by atoms with Gasteiger partial charge in [0, 0.05) is 5.69 Å². The quantitative estimate of drug-likeness (QED) is 0.688. The molecule has 1 heterocycles. The number of aliphatic carboxylic acids is 2. The zero-order valence-electron chi connectivity index (χ0n) is 13.6. The van der Waals surface area contributed by atoms with E-state index in [1.165, 1.54) is 4.90 Å². The summed E-state index contributed by atoms with van der Waals surface area (Å²) in [6.45, 7) is 1.30. The van der Waals surface area contributed by atoms with Crippen molar-refractivity contribution in [3.05, 3.63) is 29.3 Å². The summed E-state index contributed by atoms with van der Waals surface area (Å²) in [6, 6.07) is 5.01. The van der Waals surface area contributed by atoms with Gasteiger partial charge in [-0.05, 0) is 36.5 Å². The van der Waals surface area contributed by atoms with Crippen molar-refractivity contribution in [2.45, 2.75) is 38.6 Å². The molecular formula is C17H22N2O5. The molecule has 130 valence electrons. The molecule has 0 bridgehead atoms. The Bertz CT molecular complexity index is 644. The molecule has 1 aliphatic rings. The predicted octanol–water partition coefficient (Wildman–Crippen LogP) is 1.05. The summed E-state index contributed by atoms with van der Waals surface area (Å²) in [5, 5.41) is 20.6. The number of anilines is 1. The molecule has 0 fully saturated rings. The monoisotopic (exact) mass is 334 g/mol. The van der Waals surface area contributed by atoms with E-state index >= 15 is 0 Å². The molecular weight excluding hydrogens is 312 g/mol. The van der Waals surface area contributed by atoms with Crippen molar-refractivity contribution in [3.63, 3.8) is 0 Å². The van der Waals surface area contributed by atoms with Gasteiger partial charge in [0.05, 0.1) is 12.6 Å². The minimum absolute atomic E-state index is 0.339. The van der Waals surface area contributed by atoms with E-state index in [1.807, 2.05) is 12.1 Å². The van der Waals surface area contributed by atoms with Crippen LogP contribution in [0, 0.1) is 0 Å². The Morgan fingerprint density at radius 1 is 1.29 bits per heavy atom. The molecule has 1 aliphatic heterocycles. The fraction of sp³-hybridized carbons (Fsp3) is 0.471. The molecule has 7 heteroatoms. The van der Waals surface area contributed by atoms with Gasteiger partial charge in [-0.2, -0.15) is 0 Å². The van der Waals surface area contributed by atoms with Crippen molar-refractivity contribution >= 4 is 23.5 Å². The summed E-state index contributed by atoms with van der Waals surface area (Å²) >= 11 is 0. The van der Waals surface area contributed by atoms with Crippen LogP contribution in [-0.2, 0) is 27.2 Å². The molecule has 7 nitrogen and oxygen atoms in total. The van der Waals surface area contributed by atoms with Crippen molar-refractivity contribution < 1.29 is 24.6 Å². The van der Waals surface area contributed by atoms with Crippen LogP contribution in [0.4, 0.5) is 5.69 Å². The number of amides is 1. The van der Waals surface area contributed by atoms with Crippen molar-refractivity contribution in [1.82, 2.24) is 5.32 Å². The second-order valence-electron chi connectivity index (χ2n) is 5.90. The second kappa shape index (κ2) is 7.92. The van der Waals surface area contributed by atoms with Crippen LogP contribution >= 0.6 is 0 Å². The number of aryl methyl sites for hydroxylation is 2. The van der Waals surface area contributed by atoms with Crippen molar-refractivity contribution in [2.75, 3.05) is 18.0 Å². The van der Waals surface area contributed by atoms with Gasteiger partial charge in [0.2, 0.25) is 5.91 Å². The fourth-order valence-corrected chi connectivity index (χ4v) is 2.97. The number of carboxylic acids is 2. The summed E-state index contributed by atoms with van der Waals surface area (Å²) in [7, 11) is 0. The molecule has 0 saturated heterocycles. The lowest BCUT2D eigenvalue weighted by atomic mass is 10.0.